The molecule has 2 aromatic rings. The number of alkyl halides is 3. The number of pyridine rings is 1. The topological polar surface area (TPSA) is 42.0 Å². The predicted octanol–water partition coefficient (Wildman–Crippen LogP) is 5.56. The Morgan fingerprint density at radius 3 is 2.41 bits per heavy atom. The zero-order valence-corrected chi connectivity index (χ0v) is 16.7. The molecule has 3 nitrogen and oxygen atoms in total. The minimum Gasteiger partial charge on any atom is -0.343 e. The molecule has 0 amide bonds. The summed E-state index contributed by atoms with van der Waals surface area (Å²) in [6, 6.07) is 10.7. The molecule has 0 saturated heterocycles. The lowest BCUT2D eigenvalue weighted by Crippen LogP contribution is -2.43. The number of Topliss-reactive ketones (excluding diaryl/α,β-unsaturated/α-hetero) is 1. The fraction of sp³-hybridized carbons (Fsp3) is 0.391. The number of nitrogens with one attached hydrogen (secondary N) is 1. The number of anilines is 1. The first kappa shape index (κ1) is 19.7. The Labute approximate surface area is 168 Å². The lowest BCUT2D eigenvalue weighted by Gasteiger charge is -2.45. The Hall–Kier alpha value is -2.63. The lowest BCUT2D eigenvalue weighted by molar-refractivity contribution is -0.127. The van der Waals surface area contributed by atoms with Crippen molar-refractivity contribution in [3.8, 4) is 0 Å². The maximum Gasteiger partial charge on any atom is 0.393 e. The summed E-state index contributed by atoms with van der Waals surface area (Å²) in [6.45, 7) is 5.91. The van der Waals surface area contributed by atoms with Gasteiger partial charge in [0.25, 0.3) is 0 Å². The number of rotatable bonds is 2. The summed E-state index contributed by atoms with van der Waals surface area (Å²) >= 11 is 0. The number of carbonyl (C=O) groups is 1. The number of fused-ring (bicyclic) bond motifs is 1. The fourth-order valence-electron chi connectivity index (χ4n) is 4.85. The van der Waals surface area contributed by atoms with Crippen molar-refractivity contribution in [3.63, 3.8) is 0 Å². The number of carbonyl (C=O) groups excluding carboxylic acids is 1. The number of allylic oxidation sites excluding steroid dienone is 2. The van der Waals surface area contributed by atoms with Gasteiger partial charge in [-0.2, -0.15) is 13.2 Å². The molecule has 0 spiro atoms. The van der Waals surface area contributed by atoms with Gasteiger partial charge in [-0.3, -0.25) is 4.79 Å². The standard InChI is InChI=1S/C23H23F3N2O/c1-21(2)12-16-19(17(29)13-21)22(3,15-7-5-4-6-8-15)18-14(11-23(24,25)26)9-10-27-20(18)28-16/h4-10H,11-13H2,1-3H3,(H,27,28)/t22-/m0/s1. The van der Waals surface area contributed by atoms with Crippen LogP contribution < -0.4 is 5.32 Å². The van der Waals surface area contributed by atoms with Crippen LogP contribution in [0.15, 0.2) is 53.9 Å². The number of hydrogen-bond acceptors (Lipinski definition) is 3. The first-order chi connectivity index (χ1) is 13.5. The Morgan fingerprint density at radius 1 is 1.07 bits per heavy atom. The summed E-state index contributed by atoms with van der Waals surface area (Å²) in [5.74, 6) is 0.380. The van der Waals surface area contributed by atoms with Crippen LogP contribution >= 0.6 is 0 Å². The second-order valence-corrected chi connectivity index (χ2v) is 8.90. The molecule has 0 bridgehead atoms. The average molecular weight is 400 g/mol. The van der Waals surface area contributed by atoms with Crippen molar-refractivity contribution < 1.29 is 18.0 Å². The average Bonchev–Trinajstić information content (AvgIpc) is 2.59. The van der Waals surface area contributed by atoms with E-state index in [9.17, 15) is 18.0 Å². The molecule has 2 heterocycles. The highest BCUT2D eigenvalue weighted by atomic mass is 19.4. The molecular weight excluding hydrogens is 377 g/mol. The van der Waals surface area contributed by atoms with Gasteiger partial charge < -0.3 is 5.32 Å². The van der Waals surface area contributed by atoms with Crippen LogP contribution in [0.2, 0.25) is 0 Å². The quantitative estimate of drug-likeness (QED) is 0.718. The molecular formula is C23H23F3N2O. The van der Waals surface area contributed by atoms with E-state index in [1.54, 1.807) is 0 Å². The van der Waals surface area contributed by atoms with Crippen LogP contribution in [-0.2, 0) is 16.6 Å². The number of aromatic nitrogens is 1. The molecule has 1 aromatic carbocycles. The number of nitrogens with zero attached hydrogens (tertiary/aromatic N) is 1. The van der Waals surface area contributed by atoms with Crippen molar-refractivity contribution in [1.82, 2.24) is 4.98 Å². The summed E-state index contributed by atoms with van der Waals surface area (Å²) in [6.07, 6.45) is -3.02. The molecule has 6 heteroatoms. The monoisotopic (exact) mass is 400 g/mol. The number of ketones is 1. The zero-order chi connectivity index (χ0) is 21.0. The molecule has 1 atom stereocenters. The summed E-state index contributed by atoms with van der Waals surface area (Å²) in [5.41, 5.74) is 1.48. The Morgan fingerprint density at radius 2 is 1.76 bits per heavy atom. The summed E-state index contributed by atoms with van der Waals surface area (Å²) in [5, 5.41) is 3.22. The van der Waals surface area contributed by atoms with Crippen molar-refractivity contribution in [1.29, 1.82) is 0 Å². The summed E-state index contributed by atoms with van der Waals surface area (Å²) in [7, 11) is 0. The van der Waals surface area contributed by atoms with Crippen LogP contribution in [0.25, 0.3) is 0 Å². The molecule has 0 unspecified atom stereocenters. The third-order valence-corrected chi connectivity index (χ3v) is 5.92. The van der Waals surface area contributed by atoms with Crippen molar-refractivity contribution in [2.45, 2.75) is 51.6 Å². The molecule has 1 aromatic heterocycles. The SMILES string of the molecule is CC1(C)CC(=O)C2=C(C1)Nc1nccc(CC(F)(F)F)c1[C@]2(C)c1ccccc1. The minimum atomic E-state index is -4.36. The van der Waals surface area contributed by atoms with Gasteiger partial charge in [-0.05, 0) is 36.0 Å². The lowest BCUT2D eigenvalue weighted by atomic mass is 9.61. The summed E-state index contributed by atoms with van der Waals surface area (Å²) < 4.78 is 40.1. The van der Waals surface area contributed by atoms with Crippen molar-refractivity contribution in [2.24, 2.45) is 5.41 Å². The number of hydrogen-bond donors (Lipinski definition) is 1. The van der Waals surface area contributed by atoms with E-state index >= 15 is 0 Å². The van der Waals surface area contributed by atoms with Gasteiger partial charge in [0.15, 0.2) is 5.78 Å². The second-order valence-electron chi connectivity index (χ2n) is 8.90. The third-order valence-electron chi connectivity index (χ3n) is 5.92. The Kier molecular flexibility index (Phi) is 4.37. The molecule has 1 N–H and O–H groups in total. The van der Waals surface area contributed by atoms with Gasteiger partial charge in [-0.15, -0.1) is 0 Å². The molecule has 4 rings (SSSR count). The van der Waals surface area contributed by atoms with Crippen molar-refractivity contribution >= 4 is 11.6 Å². The van der Waals surface area contributed by atoms with E-state index in [4.69, 9.17) is 0 Å². The summed E-state index contributed by atoms with van der Waals surface area (Å²) in [4.78, 5) is 17.7. The van der Waals surface area contributed by atoms with Gasteiger partial charge in [0.05, 0.1) is 11.8 Å². The Bertz CT molecular complexity index is 1010. The van der Waals surface area contributed by atoms with Gasteiger partial charge in [0, 0.05) is 29.5 Å². The molecule has 0 radical (unpaired) electrons. The molecule has 0 saturated carbocycles. The van der Waals surface area contributed by atoms with Gasteiger partial charge in [0.2, 0.25) is 0 Å². The molecule has 1 aliphatic heterocycles. The van der Waals surface area contributed by atoms with E-state index in [0.29, 0.717) is 29.8 Å². The third kappa shape index (κ3) is 3.34. The van der Waals surface area contributed by atoms with E-state index in [1.165, 1.54) is 12.3 Å². The van der Waals surface area contributed by atoms with Gasteiger partial charge in [-0.25, -0.2) is 4.98 Å². The maximum atomic E-state index is 13.4. The van der Waals surface area contributed by atoms with Crippen LogP contribution in [-0.4, -0.2) is 16.9 Å². The molecule has 152 valence electrons. The van der Waals surface area contributed by atoms with Crippen LogP contribution in [0, 0.1) is 5.41 Å². The molecule has 2 aliphatic rings. The van der Waals surface area contributed by atoms with E-state index in [2.05, 4.69) is 10.3 Å². The molecule has 1 aliphatic carbocycles. The fourth-order valence-corrected chi connectivity index (χ4v) is 4.85. The van der Waals surface area contributed by atoms with E-state index in [1.807, 2.05) is 51.1 Å². The van der Waals surface area contributed by atoms with Crippen LogP contribution in [0.5, 0.6) is 0 Å². The number of benzene rings is 1. The van der Waals surface area contributed by atoms with E-state index in [0.717, 1.165) is 11.3 Å². The van der Waals surface area contributed by atoms with Gasteiger partial charge in [0.1, 0.15) is 5.82 Å². The minimum absolute atomic E-state index is 0.0254. The van der Waals surface area contributed by atoms with Crippen LogP contribution in [0.3, 0.4) is 0 Å². The zero-order valence-electron chi connectivity index (χ0n) is 16.7. The van der Waals surface area contributed by atoms with E-state index < -0.39 is 18.0 Å². The highest BCUT2D eigenvalue weighted by molar-refractivity contribution is 6.03. The molecule has 29 heavy (non-hydrogen) atoms. The highest BCUT2D eigenvalue weighted by Gasteiger charge is 2.49. The predicted molar refractivity (Wildman–Crippen MR) is 106 cm³/mol. The smallest absolute Gasteiger partial charge is 0.343 e. The van der Waals surface area contributed by atoms with Crippen LogP contribution in [0.4, 0.5) is 19.0 Å². The van der Waals surface area contributed by atoms with Crippen molar-refractivity contribution in [3.05, 3.63) is 70.6 Å². The normalized spacial score (nSPS) is 23.3. The highest BCUT2D eigenvalue weighted by Crippen LogP contribution is 2.53. The second kappa shape index (κ2) is 6.44. The maximum absolute atomic E-state index is 13.4. The first-order valence-corrected chi connectivity index (χ1v) is 9.66. The molecule has 0 fully saturated rings. The van der Waals surface area contributed by atoms with Gasteiger partial charge >= 0.3 is 6.18 Å². The number of halogens is 3. The van der Waals surface area contributed by atoms with Crippen LogP contribution in [0.1, 0.15) is 50.3 Å². The largest absolute Gasteiger partial charge is 0.393 e. The van der Waals surface area contributed by atoms with Crippen molar-refractivity contribution in [2.75, 3.05) is 5.32 Å². The Balaban J connectivity index is 2.02. The van der Waals surface area contributed by atoms with E-state index in [-0.39, 0.29) is 16.8 Å². The first-order valence-electron chi connectivity index (χ1n) is 9.66. The van der Waals surface area contributed by atoms with Gasteiger partial charge in [-0.1, -0.05) is 44.2 Å².